The van der Waals surface area contributed by atoms with Gasteiger partial charge in [0.1, 0.15) is 6.79 Å². The van der Waals surface area contributed by atoms with E-state index in [-0.39, 0.29) is 0 Å². The van der Waals surface area contributed by atoms with Gasteiger partial charge >= 0.3 is 0 Å². The van der Waals surface area contributed by atoms with Gasteiger partial charge in [0.15, 0.2) is 0 Å². The topological polar surface area (TPSA) is 33.7 Å². The second-order valence-electron chi connectivity index (χ2n) is 5.08. The maximum absolute atomic E-state index is 5.51. The van der Waals surface area contributed by atoms with E-state index in [0.717, 1.165) is 32.7 Å². The van der Waals surface area contributed by atoms with E-state index >= 15 is 0 Å². The van der Waals surface area contributed by atoms with Gasteiger partial charge in [-0.25, -0.2) is 0 Å². The van der Waals surface area contributed by atoms with E-state index in [0.29, 0.717) is 18.9 Å². The van der Waals surface area contributed by atoms with Crippen LogP contribution in [-0.4, -0.2) is 56.6 Å². The highest BCUT2D eigenvalue weighted by Crippen LogP contribution is 2.06. The minimum Gasteiger partial charge on any atom is -0.355 e. The zero-order valence-corrected chi connectivity index (χ0v) is 12.3. The summed E-state index contributed by atoms with van der Waals surface area (Å²) >= 11 is 0. The highest BCUT2D eigenvalue weighted by molar-refractivity contribution is 4.68. The van der Waals surface area contributed by atoms with Crippen molar-refractivity contribution in [1.29, 1.82) is 0 Å². The van der Waals surface area contributed by atoms with E-state index in [4.69, 9.17) is 9.47 Å². The molecule has 0 aromatic rings. The maximum atomic E-state index is 5.51. The van der Waals surface area contributed by atoms with Gasteiger partial charge < -0.3 is 19.7 Å². The van der Waals surface area contributed by atoms with Crippen LogP contribution in [0.2, 0.25) is 0 Å². The summed E-state index contributed by atoms with van der Waals surface area (Å²) in [4.78, 5) is 2.48. The number of hydrogen-bond acceptors (Lipinski definition) is 4. The summed E-state index contributed by atoms with van der Waals surface area (Å²) in [6.45, 7) is 12.5. The van der Waals surface area contributed by atoms with Crippen molar-refractivity contribution in [3.8, 4) is 0 Å². The van der Waals surface area contributed by atoms with Crippen LogP contribution in [0.1, 0.15) is 40.0 Å². The SMILES string of the molecule is CCN(CC)CCCC(C)NCC1CCOCO1. The summed E-state index contributed by atoms with van der Waals surface area (Å²) in [5, 5.41) is 3.56. The first-order valence-corrected chi connectivity index (χ1v) is 7.41. The highest BCUT2D eigenvalue weighted by Gasteiger charge is 2.14. The quantitative estimate of drug-likeness (QED) is 0.684. The van der Waals surface area contributed by atoms with E-state index in [2.05, 4.69) is 31.0 Å². The molecule has 1 aliphatic rings. The predicted molar refractivity (Wildman–Crippen MR) is 74.8 cm³/mol. The van der Waals surface area contributed by atoms with Crippen LogP contribution in [0, 0.1) is 0 Å². The monoisotopic (exact) mass is 258 g/mol. The third kappa shape index (κ3) is 6.69. The Labute approximate surface area is 112 Å². The predicted octanol–water partition coefficient (Wildman–Crippen LogP) is 1.85. The summed E-state index contributed by atoms with van der Waals surface area (Å²) < 4.78 is 10.7. The highest BCUT2D eigenvalue weighted by atomic mass is 16.7. The van der Waals surface area contributed by atoms with Gasteiger partial charge in [-0.15, -0.1) is 0 Å². The van der Waals surface area contributed by atoms with Crippen molar-refractivity contribution in [2.45, 2.75) is 52.2 Å². The van der Waals surface area contributed by atoms with Crippen LogP contribution in [0.25, 0.3) is 0 Å². The van der Waals surface area contributed by atoms with Gasteiger partial charge in [0.2, 0.25) is 0 Å². The maximum Gasteiger partial charge on any atom is 0.147 e. The summed E-state index contributed by atoms with van der Waals surface area (Å²) in [6.07, 6.45) is 3.85. The first kappa shape index (κ1) is 15.9. The Balaban J connectivity index is 2.00. The van der Waals surface area contributed by atoms with Gasteiger partial charge in [0.05, 0.1) is 12.7 Å². The van der Waals surface area contributed by atoms with E-state index in [1.165, 1.54) is 19.4 Å². The molecule has 1 heterocycles. The molecule has 0 aromatic heterocycles. The Kier molecular flexibility index (Phi) is 8.59. The number of hydrogen-bond donors (Lipinski definition) is 1. The molecular weight excluding hydrogens is 228 g/mol. The van der Waals surface area contributed by atoms with Gasteiger partial charge in [-0.3, -0.25) is 0 Å². The number of nitrogens with zero attached hydrogens (tertiary/aromatic N) is 1. The summed E-state index contributed by atoms with van der Waals surface area (Å²) in [7, 11) is 0. The van der Waals surface area contributed by atoms with Crippen molar-refractivity contribution in [3.05, 3.63) is 0 Å². The molecule has 0 aromatic carbocycles. The lowest BCUT2D eigenvalue weighted by atomic mass is 10.1. The standard InChI is InChI=1S/C14H30N2O2/c1-4-16(5-2)9-6-7-13(3)15-11-14-8-10-17-12-18-14/h13-15H,4-12H2,1-3H3. The number of nitrogens with one attached hydrogen (secondary N) is 1. The van der Waals surface area contributed by atoms with Gasteiger partial charge in [-0.1, -0.05) is 13.8 Å². The average molecular weight is 258 g/mol. The molecule has 1 fully saturated rings. The third-order valence-electron chi connectivity index (χ3n) is 3.67. The average Bonchev–Trinajstić information content (AvgIpc) is 2.42. The molecule has 0 spiro atoms. The molecule has 1 rings (SSSR count). The lowest BCUT2D eigenvalue weighted by Gasteiger charge is -2.25. The Morgan fingerprint density at radius 1 is 1.33 bits per heavy atom. The van der Waals surface area contributed by atoms with E-state index in [1.54, 1.807) is 0 Å². The smallest absolute Gasteiger partial charge is 0.147 e. The second kappa shape index (κ2) is 9.73. The van der Waals surface area contributed by atoms with E-state index in [1.807, 2.05) is 0 Å². The second-order valence-corrected chi connectivity index (χ2v) is 5.08. The van der Waals surface area contributed by atoms with Crippen LogP contribution in [0.5, 0.6) is 0 Å². The molecule has 18 heavy (non-hydrogen) atoms. The molecule has 0 amide bonds. The molecule has 0 bridgehead atoms. The molecule has 0 saturated carbocycles. The van der Waals surface area contributed by atoms with Crippen LogP contribution in [0.15, 0.2) is 0 Å². The Morgan fingerprint density at radius 3 is 2.72 bits per heavy atom. The molecule has 2 unspecified atom stereocenters. The number of ether oxygens (including phenoxy) is 2. The zero-order chi connectivity index (χ0) is 13.2. The summed E-state index contributed by atoms with van der Waals surface area (Å²) in [5.74, 6) is 0. The molecular formula is C14H30N2O2. The molecule has 4 nitrogen and oxygen atoms in total. The van der Waals surface area contributed by atoms with Crippen LogP contribution in [0.4, 0.5) is 0 Å². The van der Waals surface area contributed by atoms with Crippen molar-refractivity contribution >= 4 is 0 Å². The minimum atomic E-state index is 0.337. The lowest BCUT2D eigenvalue weighted by molar-refractivity contribution is -0.137. The molecule has 0 radical (unpaired) electrons. The largest absolute Gasteiger partial charge is 0.355 e. The van der Waals surface area contributed by atoms with Gasteiger partial charge in [0, 0.05) is 12.6 Å². The third-order valence-corrected chi connectivity index (χ3v) is 3.67. The van der Waals surface area contributed by atoms with Gasteiger partial charge in [-0.05, 0) is 45.8 Å². The Morgan fingerprint density at radius 2 is 2.11 bits per heavy atom. The summed E-state index contributed by atoms with van der Waals surface area (Å²) in [6, 6.07) is 0.576. The van der Waals surface area contributed by atoms with Crippen molar-refractivity contribution in [1.82, 2.24) is 10.2 Å². The van der Waals surface area contributed by atoms with Crippen molar-refractivity contribution in [3.63, 3.8) is 0 Å². The van der Waals surface area contributed by atoms with Crippen molar-refractivity contribution in [2.24, 2.45) is 0 Å². The van der Waals surface area contributed by atoms with Gasteiger partial charge in [0.25, 0.3) is 0 Å². The Hall–Kier alpha value is -0.160. The fraction of sp³-hybridized carbons (Fsp3) is 1.00. The molecule has 4 heteroatoms. The molecule has 1 N–H and O–H groups in total. The molecule has 2 atom stereocenters. The lowest BCUT2D eigenvalue weighted by Crippen LogP contribution is -2.38. The number of rotatable bonds is 9. The van der Waals surface area contributed by atoms with Crippen LogP contribution >= 0.6 is 0 Å². The molecule has 1 saturated heterocycles. The van der Waals surface area contributed by atoms with Crippen molar-refractivity contribution < 1.29 is 9.47 Å². The van der Waals surface area contributed by atoms with Crippen LogP contribution in [-0.2, 0) is 9.47 Å². The van der Waals surface area contributed by atoms with Gasteiger partial charge in [-0.2, -0.15) is 0 Å². The molecule has 1 aliphatic heterocycles. The fourth-order valence-electron chi connectivity index (χ4n) is 2.26. The van der Waals surface area contributed by atoms with E-state index < -0.39 is 0 Å². The normalized spacial score (nSPS) is 22.3. The van der Waals surface area contributed by atoms with Crippen LogP contribution < -0.4 is 5.32 Å². The first-order chi connectivity index (χ1) is 8.76. The zero-order valence-electron chi connectivity index (χ0n) is 12.3. The Bertz CT molecular complexity index is 192. The fourth-order valence-corrected chi connectivity index (χ4v) is 2.26. The molecule has 0 aliphatic carbocycles. The summed E-state index contributed by atoms with van der Waals surface area (Å²) in [5.41, 5.74) is 0. The van der Waals surface area contributed by atoms with Crippen LogP contribution in [0.3, 0.4) is 0 Å². The minimum absolute atomic E-state index is 0.337. The van der Waals surface area contributed by atoms with Crippen molar-refractivity contribution in [2.75, 3.05) is 39.6 Å². The van der Waals surface area contributed by atoms with E-state index in [9.17, 15) is 0 Å². The first-order valence-electron chi connectivity index (χ1n) is 7.41. The molecule has 108 valence electrons.